The quantitative estimate of drug-likeness (QED) is 0.848. The lowest BCUT2D eigenvalue weighted by molar-refractivity contribution is 0.365. The van der Waals surface area contributed by atoms with Crippen LogP contribution in [0.4, 0.5) is 0 Å². The van der Waals surface area contributed by atoms with Gasteiger partial charge in [-0.2, -0.15) is 10.2 Å². The molecular formula is C12H19N5. The minimum Gasteiger partial charge on any atom is -0.308 e. The maximum atomic E-state index is 4.26. The lowest BCUT2D eigenvalue weighted by Crippen LogP contribution is -2.33. The van der Waals surface area contributed by atoms with Gasteiger partial charge in [-0.1, -0.05) is 0 Å². The second-order valence-corrected chi connectivity index (χ2v) is 4.42. The molecule has 0 aliphatic heterocycles. The van der Waals surface area contributed by atoms with E-state index in [0.717, 1.165) is 6.54 Å². The number of hydrogen-bond acceptors (Lipinski definition) is 3. The maximum Gasteiger partial charge on any atom is 0.0641 e. The number of aromatic nitrogens is 4. The number of hydrogen-bond donors (Lipinski definition) is 1. The van der Waals surface area contributed by atoms with Crippen molar-refractivity contribution < 1.29 is 0 Å². The summed E-state index contributed by atoms with van der Waals surface area (Å²) in [4.78, 5) is 0. The Labute approximate surface area is 101 Å². The van der Waals surface area contributed by atoms with Gasteiger partial charge in [0.25, 0.3) is 0 Å². The zero-order valence-electron chi connectivity index (χ0n) is 10.5. The summed E-state index contributed by atoms with van der Waals surface area (Å²) < 4.78 is 3.79. The Kier molecular flexibility index (Phi) is 3.58. The molecule has 17 heavy (non-hydrogen) atoms. The molecule has 0 aliphatic rings. The third-order valence-corrected chi connectivity index (χ3v) is 3.05. The average molecular weight is 233 g/mol. The normalized spacial score (nSPS) is 14.8. The van der Waals surface area contributed by atoms with Crippen LogP contribution in [0.15, 0.2) is 30.9 Å². The second-order valence-electron chi connectivity index (χ2n) is 4.42. The molecule has 2 aromatic rings. The lowest BCUT2D eigenvalue weighted by atomic mass is 10.1. The maximum absolute atomic E-state index is 4.26. The van der Waals surface area contributed by atoms with E-state index < -0.39 is 0 Å². The van der Waals surface area contributed by atoms with E-state index in [0.29, 0.717) is 12.1 Å². The van der Waals surface area contributed by atoms with Crippen molar-refractivity contribution in [2.24, 2.45) is 7.05 Å². The average Bonchev–Trinajstić information content (AvgIpc) is 2.95. The first-order valence-corrected chi connectivity index (χ1v) is 5.87. The molecular weight excluding hydrogens is 214 g/mol. The standard InChI is InChI=1S/C12H19N5/c1-10(11(2)17-6-4-5-14-17)13-7-12-8-15-16(3)9-12/h4-6,8-11,13H,7H2,1-3H3/t10-,11-/m0/s1. The highest BCUT2D eigenvalue weighted by atomic mass is 15.3. The Morgan fingerprint density at radius 2 is 2.18 bits per heavy atom. The predicted molar refractivity (Wildman–Crippen MR) is 66.4 cm³/mol. The van der Waals surface area contributed by atoms with Crippen molar-refractivity contribution in [1.29, 1.82) is 0 Å². The van der Waals surface area contributed by atoms with Gasteiger partial charge in [0.1, 0.15) is 0 Å². The number of nitrogens with one attached hydrogen (secondary N) is 1. The first kappa shape index (κ1) is 11.9. The Bertz CT molecular complexity index is 445. The summed E-state index contributed by atoms with van der Waals surface area (Å²) in [5.74, 6) is 0. The molecule has 2 heterocycles. The number of rotatable bonds is 5. The summed E-state index contributed by atoms with van der Waals surface area (Å²) in [5, 5.41) is 11.9. The molecule has 0 aromatic carbocycles. The number of nitrogens with zero attached hydrogens (tertiary/aromatic N) is 4. The molecule has 0 radical (unpaired) electrons. The van der Waals surface area contributed by atoms with Crippen LogP contribution in [0, 0.1) is 0 Å². The Balaban J connectivity index is 1.87. The second kappa shape index (κ2) is 5.14. The van der Waals surface area contributed by atoms with Crippen LogP contribution in [-0.4, -0.2) is 25.6 Å². The van der Waals surface area contributed by atoms with Gasteiger partial charge < -0.3 is 5.32 Å². The predicted octanol–water partition coefficient (Wildman–Crippen LogP) is 1.36. The summed E-state index contributed by atoms with van der Waals surface area (Å²) >= 11 is 0. The van der Waals surface area contributed by atoms with Gasteiger partial charge in [0.2, 0.25) is 0 Å². The third-order valence-electron chi connectivity index (χ3n) is 3.05. The molecule has 0 bridgehead atoms. The summed E-state index contributed by atoms with van der Waals surface area (Å²) in [6, 6.07) is 2.64. The van der Waals surface area contributed by atoms with Gasteiger partial charge in [-0.3, -0.25) is 9.36 Å². The Morgan fingerprint density at radius 1 is 1.35 bits per heavy atom. The molecule has 0 fully saturated rings. The molecule has 2 atom stereocenters. The van der Waals surface area contributed by atoms with E-state index >= 15 is 0 Å². The van der Waals surface area contributed by atoms with E-state index in [1.54, 1.807) is 0 Å². The molecule has 0 spiro atoms. The Hall–Kier alpha value is -1.62. The smallest absolute Gasteiger partial charge is 0.0641 e. The third kappa shape index (κ3) is 2.94. The van der Waals surface area contributed by atoms with E-state index in [4.69, 9.17) is 0 Å². The van der Waals surface area contributed by atoms with Crippen molar-refractivity contribution in [1.82, 2.24) is 24.9 Å². The van der Waals surface area contributed by atoms with Crippen molar-refractivity contribution in [2.45, 2.75) is 32.5 Å². The van der Waals surface area contributed by atoms with E-state index in [1.165, 1.54) is 5.56 Å². The summed E-state index contributed by atoms with van der Waals surface area (Å²) in [6.45, 7) is 5.16. The van der Waals surface area contributed by atoms with Gasteiger partial charge in [0.05, 0.1) is 12.2 Å². The van der Waals surface area contributed by atoms with Gasteiger partial charge >= 0.3 is 0 Å². The molecule has 2 aromatic heterocycles. The highest BCUT2D eigenvalue weighted by molar-refractivity contribution is 5.03. The topological polar surface area (TPSA) is 47.7 Å². The minimum atomic E-state index is 0.335. The molecule has 92 valence electrons. The molecule has 0 aliphatic carbocycles. The molecule has 0 amide bonds. The minimum absolute atomic E-state index is 0.335. The van der Waals surface area contributed by atoms with Crippen LogP contribution in [0.2, 0.25) is 0 Å². The van der Waals surface area contributed by atoms with Crippen LogP contribution in [0.1, 0.15) is 25.5 Å². The summed E-state index contributed by atoms with van der Waals surface area (Å²) in [7, 11) is 1.93. The highest BCUT2D eigenvalue weighted by Gasteiger charge is 2.13. The van der Waals surface area contributed by atoms with Crippen molar-refractivity contribution in [3.05, 3.63) is 36.4 Å². The largest absolute Gasteiger partial charge is 0.308 e. The van der Waals surface area contributed by atoms with E-state index in [-0.39, 0.29) is 0 Å². The fourth-order valence-electron chi connectivity index (χ4n) is 1.76. The monoisotopic (exact) mass is 233 g/mol. The van der Waals surface area contributed by atoms with Crippen LogP contribution in [-0.2, 0) is 13.6 Å². The van der Waals surface area contributed by atoms with Gasteiger partial charge in [0.15, 0.2) is 0 Å². The fraction of sp³-hybridized carbons (Fsp3) is 0.500. The van der Waals surface area contributed by atoms with Crippen LogP contribution in [0.3, 0.4) is 0 Å². The zero-order valence-corrected chi connectivity index (χ0v) is 10.5. The highest BCUT2D eigenvalue weighted by Crippen LogP contribution is 2.09. The van der Waals surface area contributed by atoms with Crippen LogP contribution < -0.4 is 5.32 Å². The van der Waals surface area contributed by atoms with Crippen LogP contribution >= 0.6 is 0 Å². The molecule has 0 unspecified atom stereocenters. The summed E-state index contributed by atoms with van der Waals surface area (Å²) in [5.41, 5.74) is 1.20. The fourth-order valence-corrected chi connectivity index (χ4v) is 1.76. The van der Waals surface area contributed by atoms with E-state index in [2.05, 4.69) is 29.4 Å². The van der Waals surface area contributed by atoms with Crippen molar-refractivity contribution in [3.8, 4) is 0 Å². The van der Waals surface area contributed by atoms with Crippen molar-refractivity contribution in [3.63, 3.8) is 0 Å². The molecule has 1 N–H and O–H groups in total. The molecule has 5 heteroatoms. The zero-order chi connectivity index (χ0) is 12.3. The van der Waals surface area contributed by atoms with E-state index in [9.17, 15) is 0 Å². The molecule has 0 saturated heterocycles. The molecule has 2 rings (SSSR count). The lowest BCUT2D eigenvalue weighted by Gasteiger charge is -2.21. The number of aryl methyl sites for hydroxylation is 1. The van der Waals surface area contributed by atoms with Crippen LogP contribution in [0.25, 0.3) is 0 Å². The van der Waals surface area contributed by atoms with Crippen molar-refractivity contribution in [2.75, 3.05) is 0 Å². The van der Waals surface area contributed by atoms with Gasteiger partial charge in [0, 0.05) is 43.8 Å². The summed E-state index contributed by atoms with van der Waals surface area (Å²) in [6.07, 6.45) is 7.72. The SMILES string of the molecule is C[C@H](NCc1cnn(C)c1)[C@H](C)n1cccn1. The van der Waals surface area contributed by atoms with Gasteiger partial charge in [-0.15, -0.1) is 0 Å². The van der Waals surface area contributed by atoms with Gasteiger partial charge in [-0.05, 0) is 19.9 Å². The van der Waals surface area contributed by atoms with Crippen LogP contribution in [0.5, 0.6) is 0 Å². The van der Waals surface area contributed by atoms with E-state index in [1.807, 2.05) is 47.3 Å². The molecule has 5 nitrogen and oxygen atoms in total. The van der Waals surface area contributed by atoms with Gasteiger partial charge in [-0.25, -0.2) is 0 Å². The Morgan fingerprint density at radius 3 is 2.76 bits per heavy atom. The van der Waals surface area contributed by atoms with Crippen molar-refractivity contribution >= 4 is 0 Å². The first-order chi connectivity index (χ1) is 8.16. The first-order valence-electron chi connectivity index (χ1n) is 5.87. The molecule has 0 saturated carbocycles.